The van der Waals surface area contributed by atoms with Gasteiger partial charge >= 0.3 is 0 Å². The van der Waals surface area contributed by atoms with E-state index in [9.17, 15) is 0 Å². The maximum absolute atomic E-state index is 3.59. The molecule has 2 aliphatic rings. The lowest BCUT2D eigenvalue weighted by molar-refractivity contribution is 0.240. The van der Waals surface area contributed by atoms with Gasteiger partial charge in [-0.1, -0.05) is 20.3 Å². The largest absolute Gasteiger partial charge is 0.314 e. The van der Waals surface area contributed by atoms with Crippen LogP contribution in [0.1, 0.15) is 39.5 Å². The highest BCUT2D eigenvalue weighted by Gasteiger charge is 2.35. The molecule has 1 N–H and O–H groups in total. The fourth-order valence-electron chi connectivity index (χ4n) is 3.33. The van der Waals surface area contributed by atoms with Crippen LogP contribution in [-0.4, -0.2) is 48.1 Å². The van der Waals surface area contributed by atoms with E-state index >= 15 is 0 Å². The molecule has 1 saturated carbocycles. The maximum Gasteiger partial charge on any atom is 0.0214 e. The molecule has 3 heteroatoms. The summed E-state index contributed by atoms with van der Waals surface area (Å²) in [5, 5.41) is 4.50. The van der Waals surface area contributed by atoms with Crippen LogP contribution in [0.3, 0.4) is 0 Å². The van der Waals surface area contributed by atoms with Gasteiger partial charge < -0.3 is 5.32 Å². The lowest BCUT2D eigenvalue weighted by Crippen LogP contribution is -2.38. The van der Waals surface area contributed by atoms with E-state index in [1.165, 1.54) is 45.3 Å². The smallest absolute Gasteiger partial charge is 0.0214 e. The van der Waals surface area contributed by atoms with Crippen molar-refractivity contribution in [1.29, 1.82) is 0 Å². The van der Waals surface area contributed by atoms with Crippen LogP contribution in [-0.2, 0) is 0 Å². The fraction of sp³-hybridized carbons (Fsp3) is 1.00. The predicted molar refractivity (Wildman–Crippen MR) is 77.8 cm³/mol. The first-order chi connectivity index (χ1) is 8.20. The van der Waals surface area contributed by atoms with Gasteiger partial charge in [0.15, 0.2) is 0 Å². The average Bonchev–Trinajstić information content (AvgIpc) is 2.94. The third-order valence-electron chi connectivity index (χ3n) is 4.32. The molecule has 0 aromatic rings. The average molecular weight is 256 g/mol. The number of hydrogen-bond acceptors (Lipinski definition) is 3. The van der Waals surface area contributed by atoms with Crippen molar-refractivity contribution in [3.63, 3.8) is 0 Å². The van der Waals surface area contributed by atoms with Crippen molar-refractivity contribution in [2.45, 2.75) is 56.9 Å². The Kier molecular flexibility index (Phi) is 5.19. The van der Waals surface area contributed by atoms with Gasteiger partial charge in [0, 0.05) is 23.9 Å². The molecule has 1 heterocycles. The summed E-state index contributed by atoms with van der Waals surface area (Å²) in [5.74, 6) is 0.889. The van der Waals surface area contributed by atoms with Gasteiger partial charge in [-0.05, 0) is 44.5 Å². The summed E-state index contributed by atoms with van der Waals surface area (Å²) in [4.78, 5) is 2.78. The maximum atomic E-state index is 3.59. The number of nitrogens with zero attached hydrogens (tertiary/aromatic N) is 1. The summed E-state index contributed by atoms with van der Waals surface area (Å²) in [6.45, 7) is 8.37. The molecular formula is C14H28N2S. The van der Waals surface area contributed by atoms with Crippen LogP contribution in [0.15, 0.2) is 0 Å². The number of likely N-dealkylation sites (tertiary alicyclic amines) is 1. The zero-order valence-electron chi connectivity index (χ0n) is 11.6. The Hall–Kier alpha value is 0.270. The molecule has 17 heavy (non-hydrogen) atoms. The van der Waals surface area contributed by atoms with Gasteiger partial charge in [-0.15, -0.1) is 0 Å². The molecule has 100 valence electrons. The Labute approximate surface area is 111 Å². The highest BCUT2D eigenvalue weighted by atomic mass is 32.2. The zero-order valence-corrected chi connectivity index (χ0v) is 12.4. The van der Waals surface area contributed by atoms with E-state index in [-0.39, 0.29) is 0 Å². The van der Waals surface area contributed by atoms with Crippen molar-refractivity contribution < 1.29 is 0 Å². The summed E-state index contributed by atoms with van der Waals surface area (Å²) in [6, 6.07) is 1.52. The van der Waals surface area contributed by atoms with E-state index in [4.69, 9.17) is 0 Å². The van der Waals surface area contributed by atoms with Gasteiger partial charge in [0.1, 0.15) is 0 Å². The highest BCUT2D eigenvalue weighted by molar-refractivity contribution is 7.99. The minimum Gasteiger partial charge on any atom is -0.314 e. The van der Waals surface area contributed by atoms with E-state index in [1.807, 2.05) is 0 Å². The van der Waals surface area contributed by atoms with Crippen LogP contribution in [0, 0.1) is 5.92 Å². The fourth-order valence-corrected chi connectivity index (χ4v) is 4.36. The van der Waals surface area contributed by atoms with E-state index in [2.05, 4.69) is 42.1 Å². The summed E-state index contributed by atoms with van der Waals surface area (Å²) in [7, 11) is 0. The van der Waals surface area contributed by atoms with Gasteiger partial charge in [0.05, 0.1) is 0 Å². The zero-order chi connectivity index (χ0) is 12.3. The standard InChI is InChI=1S/C14H28N2S/c1-11(2)15-9-12-7-8-16(10-12)13-5-4-6-14(13)17-3/h11-15H,4-10H2,1-3H3. The predicted octanol–water partition coefficient (Wildman–Crippen LogP) is 2.59. The molecule has 1 aliphatic carbocycles. The molecular weight excluding hydrogens is 228 g/mol. The number of nitrogens with one attached hydrogen (secondary N) is 1. The molecule has 2 rings (SSSR count). The third-order valence-corrected chi connectivity index (χ3v) is 5.48. The summed E-state index contributed by atoms with van der Waals surface area (Å²) < 4.78 is 0. The second-order valence-electron chi connectivity index (χ2n) is 5.98. The molecule has 1 saturated heterocycles. The monoisotopic (exact) mass is 256 g/mol. The molecule has 1 aliphatic heterocycles. The Balaban J connectivity index is 1.77. The van der Waals surface area contributed by atoms with Crippen LogP contribution in [0.5, 0.6) is 0 Å². The Bertz CT molecular complexity index is 232. The van der Waals surface area contributed by atoms with Crippen molar-refractivity contribution in [2.24, 2.45) is 5.92 Å². The minimum absolute atomic E-state index is 0.634. The quantitative estimate of drug-likeness (QED) is 0.814. The molecule has 3 unspecified atom stereocenters. The molecule has 0 spiro atoms. The molecule has 3 atom stereocenters. The molecule has 0 bridgehead atoms. The van der Waals surface area contributed by atoms with E-state index < -0.39 is 0 Å². The van der Waals surface area contributed by atoms with Gasteiger partial charge in [-0.2, -0.15) is 11.8 Å². The van der Waals surface area contributed by atoms with Crippen molar-refractivity contribution >= 4 is 11.8 Å². The first-order valence-corrected chi connectivity index (χ1v) is 8.49. The van der Waals surface area contributed by atoms with Crippen molar-refractivity contribution in [3.8, 4) is 0 Å². The van der Waals surface area contributed by atoms with Crippen molar-refractivity contribution in [1.82, 2.24) is 10.2 Å². The molecule has 0 aromatic heterocycles. The molecule has 0 aromatic carbocycles. The normalized spacial score (nSPS) is 34.9. The Morgan fingerprint density at radius 2 is 2.12 bits per heavy atom. The second-order valence-corrected chi connectivity index (χ2v) is 7.06. The first-order valence-electron chi connectivity index (χ1n) is 7.21. The number of hydrogen-bond donors (Lipinski definition) is 1. The van der Waals surface area contributed by atoms with Crippen LogP contribution in [0.2, 0.25) is 0 Å². The van der Waals surface area contributed by atoms with Crippen LogP contribution in [0.4, 0.5) is 0 Å². The minimum atomic E-state index is 0.634. The highest BCUT2D eigenvalue weighted by Crippen LogP contribution is 2.34. The first kappa shape index (κ1) is 13.7. The molecule has 0 radical (unpaired) electrons. The van der Waals surface area contributed by atoms with Crippen LogP contribution >= 0.6 is 11.8 Å². The second kappa shape index (κ2) is 6.44. The molecule has 0 amide bonds. The Morgan fingerprint density at radius 3 is 2.82 bits per heavy atom. The van der Waals surface area contributed by atoms with E-state index in [0.717, 1.165) is 17.2 Å². The molecule has 2 nitrogen and oxygen atoms in total. The van der Waals surface area contributed by atoms with Gasteiger partial charge in [0.2, 0.25) is 0 Å². The Morgan fingerprint density at radius 1 is 1.29 bits per heavy atom. The lowest BCUT2D eigenvalue weighted by atomic mass is 10.1. The van der Waals surface area contributed by atoms with Gasteiger partial charge in [0.25, 0.3) is 0 Å². The summed E-state index contributed by atoms with van der Waals surface area (Å²) in [5.41, 5.74) is 0. The van der Waals surface area contributed by atoms with Crippen molar-refractivity contribution in [2.75, 3.05) is 25.9 Å². The van der Waals surface area contributed by atoms with Crippen LogP contribution < -0.4 is 5.32 Å². The summed E-state index contributed by atoms with van der Waals surface area (Å²) >= 11 is 2.09. The summed E-state index contributed by atoms with van der Waals surface area (Å²) in [6.07, 6.45) is 8.02. The van der Waals surface area contributed by atoms with E-state index in [0.29, 0.717) is 6.04 Å². The SMILES string of the molecule is CSC1CCCC1N1CCC(CNC(C)C)C1. The van der Waals surface area contributed by atoms with E-state index in [1.54, 1.807) is 0 Å². The van der Waals surface area contributed by atoms with Gasteiger partial charge in [-0.3, -0.25) is 4.90 Å². The van der Waals surface area contributed by atoms with Gasteiger partial charge in [-0.25, -0.2) is 0 Å². The van der Waals surface area contributed by atoms with Crippen LogP contribution in [0.25, 0.3) is 0 Å². The lowest BCUT2D eigenvalue weighted by Gasteiger charge is -2.28. The third kappa shape index (κ3) is 3.62. The number of thioether (sulfide) groups is 1. The topological polar surface area (TPSA) is 15.3 Å². The van der Waals surface area contributed by atoms with Crippen molar-refractivity contribution in [3.05, 3.63) is 0 Å². The molecule has 2 fully saturated rings. The number of rotatable bonds is 5.